The second-order valence-corrected chi connectivity index (χ2v) is 10.5. The number of hydrogen-bond acceptors (Lipinski definition) is 5. The van der Waals surface area contributed by atoms with Gasteiger partial charge in [0.05, 0.1) is 12.2 Å². The van der Waals surface area contributed by atoms with Crippen molar-refractivity contribution in [2.45, 2.75) is 51.5 Å². The van der Waals surface area contributed by atoms with Crippen LogP contribution >= 0.6 is 11.3 Å². The summed E-state index contributed by atoms with van der Waals surface area (Å²) >= 11 is 1.45. The molecule has 5 rings (SSSR count). The van der Waals surface area contributed by atoms with Crippen molar-refractivity contribution in [1.82, 2.24) is 9.88 Å². The lowest BCUT2D eigenvalue weighted by molar-refractivity contribution is -0.117. The Morgan fingerprint density at radius 1 is 1.14 bits per heavy atom. The van der Waals surface area contributed by atoms with Crippen LogP contribution in [0, 0.1) is 6.92 Å². The zero-order chi connectivity index (χ0) is 24.4. The summed E-state index contributed by atoms with van der Waals surface area (Å²) in [6, 6.07) is 14.4. The van der Waals surface area contributed by atoms with Gasteiger partial charge >= 0.3 is 0 Å². The van der Waals surface area contributed by atoms with E-state index in [1.807, 2.05) is 60.6 Å². The van der Waals surface area contributed by atoms with Gasteiger partial charge < -0.3 is 10.2 Å². The van der Waals surface area contributed by atoms with Crippen LogP contribution in [0.3, 0.4) is 0 Å². The van der Waals surface area contributed by atoms with E-state index < -0.39 is 0 Å². The first kappa shape index (κ1) is 23.7. The smallest absolute Gasteiger partial charge is 0.258 e. The molecule has 7 heteroatoms. The molecule has 0 saturated heterocycles. The van der Waals surface area contributed by atoms with Crippen LogP contribution in [0.4, 0.5) is 10.8 Å². The molecule has 2 heterocycles. The monoisotopic (exact) mass is 488 g/mol. The predicted octanol–water partition coefficient (Wildman–Crippen LogP) is 5.52. The number of thiazole rings is 1. The molecule has 1 aliphatic heterocycles. The minimum atomic E-state index is -0.0155. The summed E-state index contributed by atoms with van der Waals surface area (Å²) in [5.41, 5.74) is 5.71. The molecule has 1 fully saturated rings. The van der Waals surface area contributed by atoms with Gasteiger partial charge in [-0.25, -0.2) is 4.98 Å². The highest BCUT2D eigenvalue weighted by Crippen LogP contribution is 2.34. The topological polar surface area (TPSA) is 65.5 Å². The minimum absolute atomic E-state index is 0.0155. The number of rotatable bonds is 6. The molecular weight excluding hydrogens is 456 g/mol. The Bertz CT molecular complexity index is 1230. The minimum Gasteiger partial charge on any atom is -0.308 e. The number of anilines is 2. The van der Waals surface area contributed by atoms with E-state index in [4.69, 9.17) is 0 Å². The van der Waals surface area contributed by atoms with Gasteiger partial charge in [0, 0.05) is 34.8 Å². The third-order valence-corrected chi connectivity index (χ3v) is 7.99. The third-order valence-electron chi connectivity index (χ3n) is 7.23. The summed E-state index contributed by atoms with van der Waals surface area (Å²) in [5.74, 6) is 0.0322. The maximum atomic E-state index is 13.1. The van der Waals surface area contributed by atoms with Crippen molar-refractivity contribution < 1.29 is 9.59 Å². The Hall–Kier alpha value is -3.03. The highest BCUT2D eigenvalue weighted by molar-refractivity contribution is 7.14. The lowest BCUT2D eigenvalue weighted by atomic mass is 9.94. The van der Waals surface area contributed by atoms with Crippen LogP contribution in [0.25, 0.3) is 11.3 Å². The Morgan fingerprint density at radius 3 is 2.74 bits per heavy atom. The number of nitrogens with one attached hydrogen (secondary N) is 1. The van der Waals surface area contributed by atoms with Crippen molar-refractivity contribution in [2.75, 3.05) is 30.4 Å². The van der Waals surface area contributed by atoms with E-state index in [1.54, 1.807) is 0 Å². The fourth-order valence-corrected chi connectivity index (χ4v) is 5.97. The zero-order valence-corrected chi connectivity index (χ0v) is 21.2. The number of likely N-dealkylation sites (N-methyl/N-ethyl adjacent to an activating group) is 1. The first-order valence-corrected chi connectivity index (χ1v) is 13.3. The molecule has 1 aromatic heterocycles. The van der Waals surface area contributed by atoms with Crippen LogP contribution in [-0.4, -0.2) is 47.9 Å². The Kier molecular flexibility index (Phi) is 6.97. The highest BCUT2D eigenvalue weighted by Gasteiger charge is 2.27. The number of amides is 2. The molecule has 0 spiro atoms. The van der Waals surface area contributed by atoms with Crippen molar-refractivity contribution in [2.24, 2.45) is 0 Å². The Labute approximate surface area is 211 Å². The maximum Gasteiger partial charge on any atom is 0.258 e. The lowest BCUT2D eigenvalue weighted by Gasteiger charge is -2.30. The van der Waals surface area contributed by atoms with Crippen LogP contribution in [0.15, 0.2) is 47.8 Å². The van der Waals surface area contributed by atoms with Crippen LogP contribution < -0.4 is 10.2 Å². The van der Waals surface area contributed by atoms with Crippen molar-refractivity contribution in [3.8, 4) is 11.3 Å². The molecule has 1 N–H and O–H groups in total. The average Bonchev–Trinajstić information content (AvgIpc) is 3.51. The molecule has 3 aromatic rings. The van der Waals surface area contributed by atoms with E-state index >= 15 is 0 Å². The lowest BCUT2D eigenvalue weighted by Crippen LogP contribution is -2.39. The normalized spacial score (nSPS) is 15.9. The summed E-state index contributed by atoms with van der Waals surface area (Å²) in [6.07, 6.45) is 7.00. The van der Waals surface area contributed by atoms with E-state index in [-0.39, 0.29) is 11.8 Å². The highest BCUT2D eigenvalue weighted by atomic mass is 32.1. The van der Waals surface area contributed by atoms with Gasteiger partial charge in [-0.3, -0.25) is 14.5 Å². The van der Waals surface area contributed by atoms with Crippen LogP contribution in [0.5, 0.6) is 0 Å². The number of carbonyl (C=O) groups excluding carboxylic acids is 2. The van der Waals surface area contributed by atoms with Crippen LogP contribution in [-0.2, 0) is 11.2 Å². The van der Waals surface area contributed by atoms with E-state index in [2.05, 4.69) is 21.3 Å². The molecule has 1 saturated carbocycles. The summed E-state index contributed by atoms with van der Waals surface area (Å²) < 4.78 is 0. The van der Waals surface area contributed by atoms with E-state index in [9.17, 15) is 9.59 Å². The van der Waals surface area contributed by atoms with Gasteiger partial charge in [0.25, 0.3) is 5.91 Å². The fraction of sp³-hybridized carbons (Fsp3) is 0.393. The molecule has 35 heavy (non-hydrogen) atoms. The van der Waals surface area contributed by atoms with Gasteiger partial charge in [-0.15, -0.1) is 11.3 Å². The number of carbonyl (C=O) groups is 2. The summed E-state index contributed by atoms with van der Waals surface area (Å²) in [6.45, 7) is 3.04. The molecule has 2 aromatic carbocycles. The van der Waals surface area contributed by atoms with Gasteiger partial charge in [-0.1, -0.05) is 43.5 Å². The first-order chi connectivity index (χ1) is 17.0. The molecule has 2 aliphatic rings. The predicted molar refractivity (Wildman–Crippen MR) is 142 cm³/mol. The average molecular weight is 489 g/mol. The molecule has 0 bridgehead atoms. The van der Waals surface area contributed by atoms with E-state index in [0.29, 0.717) is 24.3 Å². The van der Waals surface area contributed by atoms with Crippen molar-refractivity contribution in [1.29, 1.82) is 0 Å². The van der Waals surface area contributed by atoms with Crippen molar-refractivity contribution in [3.63, 3.8) is 0 Å². The molecule has 182 valence electrons. The van der Waals surface area contributed by atoms with Crippen LogP contribution in [0.1, 0.15) is 53.6 Å². The quantitative estimate of drug-likeness (QED) is 0.496. The summed E-state index contributed by atoms with van der Waals surface area (Å²) in [5, 5.41) is 5.58. The number of fused-ring (bicyclic) bond motifs is 1. The van der Waals surface area contributed by atoms with Gasteiger partial charge in [-0.2, -0.15) is 0 Å². The molecule has 2 amide bonds. The van der Waals surface area contributed by atoms with Gasteiger partial charge in [-0.05, 0) is 62.6 Å². The van der Waals surface area contributed by atoms with Crippen molar-refractivity contribution >= 4 is 34.0 Å². The number of benzene rings is 2. The van der Waals surface area contributed by atoms with Gasteiger partial charge in [0.2, 0.25) is 5.91 Å². The van der Waals surface area contributed by atoms with Crippen molar-refractivity contribution in [3.05, 3.63) is 64.5 Å². The number of hydrogen-bond donors (Lipinski definition) is 1. The molecular formula is C28H32N4O2S. The summed E-state index contributed by atoms with van der Waals surface area (Å²) in [4.78, 5) is 34.4. The fourth-order valence-electron chi connectivity index (χ4n) is 5.23. The molecule has 1 aliphatic carbocycles. The zero-order valence-electron chi connectivity index (χ0n) is 20.4. The third kappa shape index (κ3) is 5.16. The van der Waals surface area contributed by atoms with E-state index in [0.717, 1.165) is 40.1 Å². The molecule has 0 unspecified atom stereocenters. The SMILES string of the molecule is Cc1ccccc1C(=O)N1CCc2cc(-c3csc(NC(=O)CN(C)C4CCCCC4)n3)ccc21. The van der Waals surface area contributed by atoms with Gasteiger partial charge in [0.15, 0.2) is 5.13 Å². The van der Waals surface area contributed by atoms with Gasteiger partial charge in [0.1, 0.15) is 0 Å². The second kappa shape index (κ2) is 10.3. The number of nitrogens with zero attached hydrogens (tertiary/aromatic N) is 3. The second-order valence-electron chi connectivity index (χ2n) is 9.66. The Morgan fingerprint density at radius 2 is 1.94 bits per heavy atom. The summed E-state index contributed by atoms with van der Waals surface area (Å²) in [7, 11) is 2.04. The van der Waals surface area contributed by atoms with Crippen LogP contribution in [0.2, 0.25) is 0 Å². The van der Waals surface area contributed by atoms with E-state index in [1.165, 1.54) is 43.4 Å². The number of aryl methyl sites for hydroxylation is 1. The largest absolute Gasteiger partial charge is 0.308 e. The first-order valence-electron chi connectivity index (χ1n) is 12.5. The Balaban J connectivity index is 1.24. The maximum absolute atomic E-state index is 13.1. The standard InChI is InChI=1S/C28H32N4O2S/c1-19-8-6-7-11-23(19)27(34)32-15-14-21-16-20(12-13-25(21)32)24-18-35-28(29-24)30-26(33)17-31(2)22-9-4-3-5-10-22/h6-8,11-13,16,18,22H,3-5,9-10,14-15,17H2,1-2H3,(H,29,30,33). The number of aromatic nitrogens is 1. The molecule has 0 radical (unpaired) electrons. The molecule has 6 nitrogen and oxygen atoms in total. The molecule has 0 atom stereocenters.